The zero-order valence-electron chi connectivity index (χ0n) is 15.7. The van der Waals surface area contributed by atoms with Crippen LogP contribution in [-0.4, -0.2) is 29.6 Å². The van der Waals surface area contributed by atoms with E-state index >= 15 is 0 Å². The average Bonchev–Trinajstić information content (AvgIpc) is 2.61. The minimum absolute atomic E-state index is 0.554. The van der Waals surface area contributed by atoms with E-state index in [1.165, 1.54) is 38.5 Å². The fourth-order valence-electron chi connectivity index (χ4n) is 3.41. The Bertz CT molecular complexity index is 633. The lowest BCUT2D eigenvalue weighted by Crippen LogP contribution is -2.31. The van der Waals surface area contributed by atoms with E-state index in [1.807, 2.05) is 24.3 Å². The number of hydrogen-bond acceptors (Lipinski definition) is 2. The normalized spacial score (nSPS) is 12.8. The van der Waals surface area contributed by atoms with Crippen molar-refractivity contribution in [3.63, 3.8) is 0 Å². The van der Waals surface area contributed by atoms with E-state index in [9.17, 15) is 5.11 Å². The average molecular weight is 362 g/mol. The predicted octanol–water partition coefficient (Wildman–Crippen LogP) is 6.21. The third-order valence-corrected chi connectivity index (χ3v) is 5.17. The van der Waals surface area contributed by atoms with Gasteiger partial charge < -0.3 is 10.0 Å². The molecule has 0 saturated carbocycles. The summed E-state index contributed by atoms with van der Waals surface area (Å²) >= 11 is 6.46. The second kappa shape index (κ2) is 10.8. The summed E-state index contributed by atoms with van der Waals surface area (Å²) in [6.07, 6.45) is 6.77. The first kappa shape index (κ1) is 20.2. The van der Waals surface area contributed by atoms with Crippen LogP contribution in [0.4, 0.5) is 0 Å². The molecule has 0 spiro atoms. The highest BCUT2D eigenvalue weighted by molar-refractivity contribution is 6.32. The van der Waals surface area contributed by atoms with Crippen molar-refractivity contribution in [3.8, 4) is 0 Å². The molecule has 0 heterocycles. The summed E-state index contributed by atoms with van der Waals surface area (Å²) in [6, 6.07) is 12.1. The summed E-state index contributed by atoms with van der Waals surface area (Å²) in [6.45, 7) is 7.22. The van der Waals surface area contributed by atoms with Crippen molar-refractivity contribution in [1.29, 1.82) is 0 Å². The van der Waals surface area contributed by atoms with Gasteiger partial charge >= 0.3 is 0 Å². The molecule has 25 heavy (non-hydrogen) atoms. The van der Waals surface area contributed by atoms with Crippen LogP contribution in [-0.2, 0) is 0 Å². The molecule has 0 amide bonds. The third kappa shape index (κ3) is 5.99. The lowest BCUT2D eigenvalue weighted by molar-refractivity contribution is 0.112. The van der Waals surface area contributed by atoms with E-state index in [0.29, 0.717) is 11.6 Å². The van der Waals surface area contributed by atoms with Gasteiger partial charge in [0.2, 0.25) is 0 Å². The fourth-order valence-corrected chi connectivity index (χ4v) is 3.70. The summed E-state index contributed by atoms with van der Waals surface area (Å²) in [5, 5.41) is 13.8. The first-order valence-electron chi connectivity index (χ1n) is 9.75. The zero-order chi connectivity index (χ0) is 18.1. The van der Waals surface area contributed by atoms with Gasteiger partial charge in [0.25, 0.3) is 0 Å². The Hall–Kier alpha value is -1.09. The van der Waals surface area contributed by atoms with Crippen molar-refractivity contribution < 1.29 is 5.11 Å². The molecule has 2 rings (SSSR count). The molecule has 1 atom stereocenters. The maximum atomic E-state index is 11.0. The van der Waals surface area contributed by atoms with Crippen LogP contribution in [0.1, 0.15) is 64.0 Å². The standard InChI is InChI=1S/C22H32ClNO/c1-3-5-9-15-24(16-10-6-4-2)17-21(25)22-19-12-8-7-11-18(19)13-14-20(22)23/h7-8,11-14,21,25H,3-6,9-10,15-17H2,1-2H3/t21-/m0/s1. The molecule has 0 aliphatic carbocycles. The number of nitrogens with zero attached hydrogens (tertiary/aromatic N) is 1. The number of aliphatic hydroxyl groups is 1. The van der Waals surface area contributed by atoms with Gasteiger partial charge in [0.1, 0.15) is 0 Å². The Morgan fingerprint density at radius 2 is 1.56 bits per heavy atom. The van der Waals surface area contributed by atoms with Gasteiger partial charge in [0.15, 0.2) is 0 Å². The molecule has 0 aromatic heterocycles. The molecule has 0 unspecified atom stereocenters. The topological polar surface area (TPSA) is 23.5 Å². The van der Waals surface area contributed by atoms with E-state index in [0.717, 1.165) is 29.4 Å². The van der Waals surface area contributed by atoms with Gasteiger partial charge in [-0.3, -0.25) is 0 Å². The fraction of sp³-hybridized carbons (Fsp3) is 0.545. The Labute approximate surface area is 157 Å². The zero-order valence-corrected chi connectivity index (χ0v) is 16.4. The van der Waals surface area contributed by atoms with Gasteiger partial charge in [-0.15, -0.1) is 0 Å². The monoisotopic (exact) mass is 361 g/mol. The number of rotatable bonds is 11. The van der Waals surface area contributed by atoms with Gasteiger partial charge in [-0.1, -0.05) is 81.5 Å². The number of fused-ring (bicyclic) bond motifs is 1. The van der Waals surface area contributed by atoms with E-state index in [-0.39, 0.29) is 0 Å². The molecule has 0 radical (unpaired) electrons. The lowest BCUT2D eigenvalue weighted by Gasteiger charge is -2.26. The van der Waals surface area contributed by atoms with E-state index in [4.69, 9.17) is 11.6 Å². The summed E-state index contributed by atoms with van der Waals surface area (Å²) in [5.74, 6) is 0. The number of hydrogen-bond donors (Lipinski definition) is 1. The number of aliphatic hydroxyl groups excluding tert-OH is 1. The molecule has 3 heteroatoms. The largest absolute Gasteiger partial charge is 0.387 e. The molecule has 138 valence electrons. The minimum Gasteiger partial charge on any atom is -0.387 e. The van der Waals surface area contributed by atoms with E-state index in [1.54, 1.807) is 0 Å². The smallest absolute Gasteiger partial charge is 0.0937 e. The highest BCUT2D eigenvalue weighted by Gasteiger charge is 2.18. The van der Waals surface area contributed by atoms with Crippen LogP contribution in [0, 0.1) is 0 Å². The molecule has 0 saturated heterocycles. The highest BCUT2D eigenvalue weighted by Crippen LogP contribution is 2.31. The van der Waals surface area contributed by atoms with Crippen molar-refractivity contribution in [1.82, 2.24) is 4.90 Å². The summed E-state index contributed by atoms with van der Waals surface area (Å²) in [7, 11) is 0. The predicted molar refractivity (Wildman–Crippen MR) is 109 cm³/mol. The van der Waals surface area contributed by atoms with Gasteiger partial charge in [-0.05, 0) is 42.8 Å². The Morgan fingerprint density at radius 3 is 2.20 bits per heavy atom. The van der Waals surface area contributed by atoms with Gasteiger partial charge in [0, 0.05) is 17.1 Å². The Morgan fingerprint density at radius 1 is 0.920 bits per heavy atom. The van der Waals surface area contributed by atoms with Gasteiger partial charge in [0.05, 0.1) is 6.10 Å². The molecule has 2 nitrogen and oxygen atoms in total. The van der Waals surface area contributed by atoms with Crippen LogP contribution in [0.5, 0.6) is 0 Å². The van der Waals surface area contributed by atoms with Crippen molar-refractivity contribution in [2.24, 2.45) is 0 Å². The Balaban J connectivity index is 2.13. The minimum atomic E-state index is -0.554. The molecule has 0 aliphatic rings. The van der Waals surface area contributed by atoms with Crippen LogP contribution in [0.25, 0.3) is 10.8 Å². The van der Waals surface area contributed by atoms with Crippen LogP contribution >= 0.6 is 11.6 Å². The number of benzene rings is 2. The molecular weight excluding hydrogens is 330 g/mol. The first-order chi connectivity index (χ1) is 12.2. The molecular formula is C22H32ClNO. The number of halogens is 1. The second-order valence-corrected chi connectivity index (χ2v) is 7.32. The van der Waals surface area contributed by atoms with Crippen molar-refractivity contribution >= 4 is 22.4 Å². The van der Waals surface area contributed by atoms with Crippen molar-refractivity contribution in [3.05, 3.63) is 47.0 Å². The maximum Gasteiger partial charge on any atom is 0.0937 e. The van der Waals surface area contributed by atoms with Gasteiger partial charge in [-0.2, -0.15) is 0 Å². The first-order valence-corrected chi connectivity index (χ1v) is 10.1. The van der Waals surface area contributed by atoms with E-state index < -0.39 is 6.10 Å². The summed E-state index contributed by atoms with van der Waals surface area (Å²) in [4.78, 5) is 2.41. The molecule has 2 aromatic carbocycles. The Kier molecular flexibility index (Phi) is 8.74. The molecule has 0 aliphatic heterocycles. The van der Waals surface area contributed by atoms with Crippen LogP contribution in [0.2, 0.25) is 5.02 Å². The van der Waals surface area contributed by atoms with Crippen molar-refractivity contribution in [2.45, 2.75) is 58.5 Å². The number of unbranched alkanes of at least 4 members (excludes halogenated alkanes) is 4. The molecule has 1 N–H and O–H groups in total. The molecule has 0 fully saturated rings. The van der Waals surface area contributed by atoms with Crippen LogP contribution in [0.3, 0.4) is 0 Å². The maximum absolute atomic E-state index is 11.0. The van der Waals surface area contributed by atoms with Crippen LogP contribution < -0.4 is 0 Å². The van der Waals surface area contributed by atoms with Gasteiger partial charge in [-0.25, -0.2) is 0 Å². The molecule has 0 bridgehead atoms. The molecule has 2 aromatic rings. The summed E-state index contributed by atoms with van der Waals surface area (Å²) < 4.78 is 0. The SMILES string of the molecule is CCCCCN(CCCCC)C[C@H](O)c1c(Cl)ccc2ccccc12. The summed E-state index contributed by atoms with van der Waals surface area (Å²) in [5.41, 5.74) is 0.871. The van der Waals surface area contributed by atoms with Crippen LogP contribution in [0.15, 0.2) is 36.4 Å². The second-order valence-electron chi connectivity index (χ2n) is 6.91. The lowest BCUT2D eigenvalue weighted by atomic mass is 9.99. The third-order valence-electron chi connectivity index (χ3n) is 4.84. The highest BCUT2D eigenvalue weighted by atomic mass is 35.5. The van der Waals surface area contributed by atoms with E-state index in [2.05, 4.69) is 30.9 Å². The van der Waals surface area contributed by atoms with Crippen molar-refractivity contribution in [2.75, 3.05) is 19.6 Å². The quantitative estimate of drug-likeness (QED) is 0.481.